The minimum Gasteiger partial charge on any atom is -0.468 e. The van der Waals surface area contributed by atoms with Gasteiger partial charge in [-0.3, -0.25) is 4.79 Å². The quantitative estimate of drug-likeness (QED) is 0.649. The van der Waals surface area contributed by atoms with Crippen molar-refractivity contribution < 1.29 is 23.1 Å². The second-order valence-electron chi connectivity index (χ2n) is 4.01. The average molecular weight is 281 g/mol. The molecule has 0 aliphatic carbocycles. The van der Waals surface area contributed by atoms with E-state index in [0.717, 1.165) is 7.11 Å². The molecular weight excluding hydrogens is 258 g/mol. The molecule has 0 spiro atoms. The van der Waals surface area contributed by atoms with Gasteiger partial charge in [-0.15, -0.1) is 0 Å². The Morgan fingerprint density at radius 2 is 1.83 bits per heavy atom. The van der Waals surface area contributed by atoms with Gasteiger partial charge in [0.25, 0.3) is 0 Å². The van der Waals surface area contributed by atoms with Crippen molar-refractivity contribution in [2.24, 2.45) is 0 Å². The van der Waals surface area contributed by atoms with Crippen LogP contribution in [0, 0.1) is 0 Å². The minimum absolute atomic E-state index is 0.00395. The first-order chi connectivity index (χ1) is 8.36. The van der Waals surface area contributed by atoms with Crippen LogP contribution in [0.3, 0.4) is 0 Å². The van der Waals surface area contributed by atoms with Gasteiger partial charge in [0.05, 0.1) is 13.7 Å². The summed E-state index contributed by atoms with van der Waals surface area (Å²) in [6, 6.07) is -0.214. The Labute approximate surface area is 109 Å². The van der Waals surface area contributed by atoms with E-state index in [0.29, 0.717) is 12.8 Å². The molecule has 6 nitrogen and oxygen atoms in total. The van der Waals surface area contributed by atoms with Crippen LogP contribution in [0.2, 0.25) is 0 Å². The molecule has 0 radical (unpaired) electrons. The van der Waals surface area contributed by atoms with Crippen LogP contribution >= 0.6 is 0 Å². The summed E-state index contributed by atoms with van der Waals surface area (Å²) in [6.07, 6.45) is 1.26. The number of carbonyl (C=O) groups is 1. The Morgan fingerprint density at radius 1 is 1.33 bits per heavy atom. The third-order valence-electron chi connectivity index (χ3n) is 2.98. The van der Waals surface area contributed by atoms with E-state index in [1.807, 2.05) is 13.8 Å². The zero-order chi connectivity index (χ0) is 14.3. The third kappa shape index (κ3) is 3.93. The highest BCUT2D eigenvalue weighted by Crippen LogP contribution is 2.18. The van der Waals surface area contributed by atoms with Crippen molar-refractivity contribution in [3.63, 3.8) is 0 Å². The van der Waals surface area contributed by atoms with E-state index in [1.165, 1.54) is 11.2 Å². The predicted molar refractivity (Wildman–Crippen MR) is 68.6 cm³/mol. The predicted octanol–water partition coefficient (Wildman–Crippen LogP) is 0.361. The highest BCUT2D eigenvalue weighted by molar-refractivity contribution is 7.90. The number of methoxy groups -OCH3 is 1. The Balaban J connectivity index is 5.26. The topological polar surface area (TPSA) is 83.9 Å². The molecule has 0 aliphatic heterocycles. The second kappa shape index (κ2) is 7.70. The monoisotopic (exact) mass is 281 g/mol. The number of ether oxygens (including phenoxy) is 1. The fourth-order valence-electron chi connectivity index (χ4n) is 1.80. The molecule has 0 aromatic rings. The fourth-order valence-corrected chi connectivity index (χ4v) is 3.60. The number of esters is 1. The van der Waals surface area contributed by atoms with E-state index in [4.69, 9.17) is 5.11 Å². The molecule has 0 rings (SSSR count). The van der Waals surface area contributed by atoms with Crippen LogP contribution in [0.1, 0.15) is 33.6 Å². The Kier molecular flexibility index (Phi) is 7.42. The van der Waals surface area contributed by atoms with Gasteiger partial charge < -0.3 is 9.84 Å². The number of aliphatic hydroxyl groups is 1. The first-order valence-corrected chi connectivity index (χ1v) is 7.56. The molecular formula is C11H23NO5S. The van der Waals surface area contributed by atoms with E-state index in [9.17, 15) is 13.2 Å². The van der Waals surface area contributed by atoms with Crippen LogP contribution in [-0.4, -0.2) is 55.4 Å². The minimum atomic E-state index is -3.80. The number of nitrogens with zero attached hydrogens (tertiary/aromatic N) is 1. The number of hydrogen-bond acceptors (Lipinski definition) is 5. The number of aliphatic hydroxyl groups excluding tert-OH is 1. The van der Waals surface area contributed by atoms with Crippen LogP contribution < -0.4 is 0 Å². The maximum absolute atomic E-state index is 12.3. The Morgan fingerprint density at radius 3 is 2.17 bits per heavy atom. The third-order valence-corrected chi connectivity index (χ3v) is 5.20. The lowest BCUT2D eigenvalue weighted by Crippen LogP contribution is -2.47. The lowest BCUT2D eigenvalue weighted by molar-refractivity contribution is -0.139. The van der Waals surface area contributed by atoms with E-state index in [1.54, 1.807) is 0 Å². The molecule has 7 heteroatoms. The van der Waals surface area contributed by atoms with Crippen LogP contribution in [0.25, 0.3) is 0 Å². The maximum atomic E-state index is 12.3. The second-order valence-corrected chi connectivity index (χ2v) is 6.22. The van der Waals surface area contributed by atoms with Gasteiger partial charge in [-0.1, -0.05) is 13.8 Å². The number of carbonyl (C=O) groups excluding carboxylic acids is 1. The molecule has 0 saturated heterocycles. The highest BCUT2D eigenvalue weighted by atomic mass is 32.2. The van der Waals surface area contributed by atoms with Gasteiger partial charge in [0.15, 0.2) is 5.25 Å². The lowest BCUT2D eigenvalue weighted by atomic mass is 10.2. The Hall–Kier alpha value is -0.660. The summed E-state index contributed by atoms with van der Waals surface area (Å²) >= 11 is 0. The summed E-state index contributed by atoms with van der Waals surface area (Å²) in [5.74, 6) is -0.788. The van der Waals surface area contributed by atoms with Crippen molar-refractivity contribution in [2.75, 3.05) is 20.3 Å². The molecule has 1 atom stereocenters. The molecule has 0 aromatic carbocycles. The molecule has 0 aliphatic rings. The van der Waals surface area contributed by atoms with E-state index < -0.39 is 21.2 Å². The summed E-state index contributed by atoms with van der Waals surface area (Å²) in [5.41, 5.74) is 0. The SMILES string of the molecule is CCC(CC)N(CCO)S(=O)(=O)C(C)C(=O)OC. The molecule has 0 saturated carbocycles. The van der Waals surface area contributed by atoms with Crippen molar-refractivity contribution in [3.8, 4) is 0 Å². The van der Waals surface area contributed by atoms with Gasteiger partial charge in [-0.25, -0.2) is 8.42 Å². The van der Waals surface area contributed by atoms with Crippen molar-refractivity contribution in [1.82, 2.24) is 4.31 Å². The van der Waals surface area contributed by atoms with Crippen molar-refractivity contribution >= 4 is 16.0 Å². The first-order valence-electron chi connectivity index (χ1n) is 6.06. The maximum Gasteiger partial charge on any atom is 0.325 e. The molecule has 0 bridgehead atoms. The number of rotatable bonds is 8. The largest absolute Gasteiger partial charge is 0.468 e. The van der Waals surface area contributed by atoms with Gasteiger partial charge in [0.1, 0.15) is 0 Å². The molecule has 0 amide bonds. The zero-order valence-electron chi connectivity index (χ0n) is 11.4. The van der Waals surface area contributed by atoms with E-state index in [2.05, 4.69) is 4.74 Å². The highest BCUT2D eigenvalue weighted by Gasteiger charge is 2.37. The summed E-state index contributed by atoms with van der Waals surface area (Å²) in [6.45, 7) is 4.77. The van der Waals surface area contributed by atoms with E-state index >= 15 is 0 Å². The molecule has 18 heavy (non-hydrogen) atoms. The standard InChI is InChI=1S/C11H23NO5S/c1-5-10(6-2)12(7-8-13)18(15,16)9(3)11(14)17-4/h9-10,13H,5-8H2,1-4H3. The van der Waals surface area contributed by atoms with Crippen LogP contribution in [-0.2, 0) is 19.6 Å². The van der Waals surface area contributed by atoms with Crippen LogP contribution in [0.15, 0.2) is 0 Å². The Bertz CT molecular complexity index is 350. The lowest BCUT2D eigenvalue weighted by Gasteiger charge is -2.30. The van der Waals surface area contributed by atoms with Crippen molar-refractivity contribution in [2.45, 2.75) is 44.9 Å². The summed E-state index contributed by atoms with van der Waals surface area (Å²) in [7, 11) is -2.64. The van der Waals surface area contributed by atoms with Crippen molar-refractivity contribution in [3.05, 3.63) is 0 Å². The molecule has 108 valence electrons. The summed E-state index contributed by atoms with van der Waals surface area (Å²) < 4.78 is 30.3. The number of hydrogen-bond donors (Lipinski definition) is 1. The normalized spacial score (nSPS) is 13.9. The van der Waals surface area contributed by atoms with Gasteiger partial charge in [-0.05, 0) is 19.8 Å². The van der Waals surface area contributed by atoms with Gasteiger partial charge >= 0.3 is 5.97 Å². The molecule has 0 fully saturated rings. The summed E-state index contributed by atoms with van der Waals surface area (Å²) in [4.78, 5) is 11.4. The van der Waals surface area contributed by atoms with E-state index in [-0.39, 0.29) is 19.2 Å². The molecule has 1 N–H and O–H groups in total. The fraction of sp³-hybridized carbons (Fsp3) is 0.909. The smallest absolute Gasteiger partial charge is 0.325 e. The summed E-state index contributed by atoms with van der Waals surface area (Å²) in [5, 5.41) is 7.74. The zero-order valence-corrected chi connectivity index (χ0v) is 12.2. The van der Waals surface area contributed by atoms with Gasteiger partial charge in [0.2, 0.25) is 10.0 Å². The molecule has 0 aromatic heterocycles. The molecule has 0 heterocycles. The molecule has 1 unspecified atom stereocenters. The first kappa shape index (κ1) is 17.3. The average Bonchev–Trinajstić information content (AvgIpc) is 2.37. The van der Waals surface area contributed by atoms with Crippen LogP contribution in [0.5, 0.6) is 0 Å². The van der Waals surface area contributed by atoms with Crippen LogP contribution in [0.4, 0.5) is 0 Å². The van der Waals surface area contributed by atoms with Gasteiger partial charge in [0, 0.05) is 12.6 Å². The van der Waals surface area contributed by atoms with Crippen molar-refractivity contribution in [1.29, 1.82) is 0 Å². The van der Waals surface area contributed by atoms with Gasteiger partial charge in [-0.2, -0.15) is 4.31 Å². The number of sulfonamides is 1.